The third-order valence-electron chi connectivity index (χ3n) is 3.21. The van der Waals surface area contributed by atoms with E-state index >= 15 is 0 Å². The van der Waals surface area contributed by atoms with E-state index in [-0.39, 0.29) is 0 Å². The fourth-order valence-corrected chi connectivity index (χ4v) is 2.71. The number of alkyl halides is 1. The van der Waals surface area contributed by atoms with Gasteiger partial charge in [-0.2, -0.15) is 0 Å². The fourth-order valence-electron chi connectivity index (χ4n) is 2.26. The number of halogens is 1. The van der Waals surface area contributed by atoms with Crippen LogP contribution in [0.4, 0.5) is 0 Å². The molecule has 0 amide bonds. The van der Waals surface area contributed by atoms with Crippen LogP contribution in [0.5, 0.6) is 11.5 Å². The second-order valence-electron chi connectivity index (χ2n) is 4.58. The van der Waals surface area contributed by atoms with Gasteiger partial charge in [0, 0.05) is 23.9 Å². The summed E-state index contributed by atoms with van der Waals surface area (Å²) in [6.45, 7) is 4.20. The van der Waals surface area contributed by atoms with Crippen LogP contribution < -0.4 is 9.47 Å². The molecule has 1 saturated heterocycles. The van der Waals surface area contributed by atoms with Crippen molar-refractivity contribution in [3.8, 4) is 11.5 Å². The fraction of sp³-hybridized carbons (Fsp3) is 0.600. The van der Waals surface area contributed by atoms with Crippen LogP contribution >= 0.6 is 15.9 Å². The van der Waals surface area contributed by atoms with Crippen molar-refractivity contribution in [1.29, 1.82) is 0 Å². The predicted molar refractivity (Wildman–Crippen MR) is 79.3 cm³/mol. The molecule has 1 heterocycles. The molecule has 0 radical (unpaired) electrons. The van der Waals surface area contributed by atoms with Crippen molar-refractivity contribution in [1.82, 2.24) is 0 Å². The van der Waals surface area contributed by atoms with Crippen molar-refractivity contribution in [3.63, 3.8) is 0 Å². The molecule has 106 valence electrons. The summed E-state index contributed by atoms with van der Waals surface area (Å²) in [5.74, 6) is 1.69. The Hall–Kier alpha value is -0.740. The highest BCUT2D eigenvalue weighted by molar-refractivity contribution is 9.08. The van der Waals surface area contributed by atoms with Gasteiger partial charge in [-0.25, -0.2) is 0 Å². The minimum Gasteiger partial charge on any atom is -0.490 e. The van der Waals surface area contributed by atoms with Gasteiger partial charge >= 0.3 is 0 Å². The van der Waals surface area contributed by atoms with E-state index in [1.165, 1.54) is 6.42 Å². The van der Waals surface area contributed by atoms with Gasteiger partial charge in [0.1, 0.15) is 0 Å². The van der Waals surface area contributed by atoms with E-state index < -0.39 is 0 Å². The van der Waals surface area contributed by atoms with Crippen molar-refractivity contribution in [3.05, 3.63) is 23.8 Å². The Labute approximate surface area is 123 Å². The van der Waals surface area contributed by atoms with Gasteiger partial charge in [0.15, 0.2) is 11.5 Å². The molecule has 0 spiro atoms. The Morgan fingerprint density at radius 2 is 2.26 bits per heavy atom. The van der Waals surface area contributed by atoms with Crippen LogP contribution in [0, 0.1) is 0 Å². The lowest BCUT2D eigenvalue weighted by Crippen LogP contribution is -2.11. The van der Waals surface area contributed by atoms with Crippen LogP contribution in [0.2, 0.25) is 0 Å². The molecule has 0 N–H and O–H groups in total. The lowest BCUT2D eigenvalue weighted by molar-refractivity contribution is 0.0896. The van der Waals surface area contributed by atoms with Gasteiger partial charge in [-0.1, -0.05) is 28.1 Å². The van der Waals surface area contributed by atoms with Gasteiger partial charge < -0.3 is 14.2 Å². The van der Waals surface area contributed by atoms with E-state index in [0.717, 1.165) is 41.8 Å². The normalized spacial score (nSPS) is 18.5. The van der Waals surface area contributed by atoms with Crippen molar-refractivity contribution in [2.45, 2.75) is 37.6 Å². The number of benzene rings is 1. The number of ether oxygens (including phenoxy) is 3. The van der Waals surface area contributed by atoms with Gasteiger partial charge in [0.05, 0.1) is 19.3 Å². The van der Waals surface area contributed by atoms with E-state index in [1.807, 2.05) is 19.1 Å². The maximum Gasteiger partial charge on any atom is 0.165 e. The summed E-state index contributed by atoms with van der Waals surface area (Å²) in [6, 6.07) is 6.00. The minimum atomic E-state index is 0.367. The molecule has 1 unspecified atom stereocenters. The monoisotopic (exact) mass is 328 g/mol. The molecule has 2 rings (SSSR count). The molecule has 0 aromatic heterocycles. The third-order valence-corrected chi connectivity index (χ3v) is 3.82. The first-order chi connectivity index (χ1) is 9.35. The predicted octanol–water partition coefficient (Wildman–Crippen LogP) is 3.93. The van der Waals surface area contributed by atoms with Crippen molar-refractivity contribution in [2.24, 2.45) is 0 Å². The molecule has 1 atom stereocenters. The highest BCUT2D eigenvalue weighted by Crippen LogP contribution is 2.33. The summed E-state index contributed by atoms with van der Waals surface area (Å²) < 4.78 is 17.2. The summed E-state index contributed by atoms with van der Waals surface area (Å²) >= 11 is 3.49. The first-order valence-corrected chi connectivity index (χ1v) is 8.02. The van der Waals surface area contributed by atoms with Gasteiger partial charge in [0.25, 0.3) is 0 Å². The Bertz CT molecular complexity index is 389. The summed E-state index contributed by atoms with van der Waals surface area (Å²) in [4.78, 5) is 0. The number of para-hydroxylation sites is 1. The molecule has 0 aliphatic carbocycles. The zero-order valence-corrected chi connectivity index (χ0v) is 12.9. The van der Waals surface area contributed by atoms with E-state index in [0.29, 0.717) is 19.3 Å². The average Bonchev–Trinajstić information content (AvgIpc) is 2.93. The Balaban J connectivity index is 1.96. The van der Waals surface area contributed by atoms with Crippen LogP contribution in [-0.4, -0.2) is 25.9 Å². The van der Waals surface area contributed by atoms with Crippen LogP contribution in [0.25, 0.3) is 0 Å². The average molecular weight is 329 g/mol. The van der Waals surface area contributed by atoms with Gasteiger partial charge in [-0.05, 0) is 25.8 Å². The highest BCUT2D eigenvalue weighted by atomic mass is 79.9. The maximum atomic E-state index is 5.94. The Morgan fingerprint density at radius 1 is 1.37 bits per heavy atom. The molecular weight excluding hydrogens is 308 g/mol. The van der Waals surface area contributed by atoms with Gasteiger partial charge in [-0.15, -0.1) is 0 Å². The first kappa shape index (κ1) is 14.7. The van der Waals surface area contributed by atoms with Gasteiger partial charge in [0.2, 0.25) is 0 Å². The number of hydrogen-bond acceptors (Lipinski definition) is 3. The smallest absolute Gasteiger partial charge is 0.165 e. The molecule has 1 fully saturated rings. The standard InChI is InChI=1S/C15H21BrO3/c1-2-17-14-7-3-5-12(11-16)15(14)19-10-8-13-6-4-9-18-13/h3,5,7,13H,2,4,6,8-11H2,1H3. The molecule has 1 aliphatic rings. The molecular formula is C15H21BrO3. The van der Waals surface area contributed by atoms with Crippen LogP contribution in [0.1, 0.15) is 31.7 Å². The molecule has 1 aromatic carbocycles. The number of rotatable bonds is 7. The minimum absolute atomic E-state index is 0.367. The highest BCUT2D eigenvalue weighted by Gasteiger charge is 2.16. The zero-order valence-electron chi connectivity index (χ0n) is 11.4. The van der Waals surface area contributed by atoms with Crippen molar-refractivity contribution < 1.29 is 14.2 Å². The van der Waals surface area contributed by atoms with Crippen LogP contribution in [0.15, 0.2) is 18.2 Å². The molecule has 0 bridgehead atoms. The molecule has 1 aliphatic heterocycles. The van der Waals surface area contributed by atoms with E-state index in [9.17, 15) is 0 Å². The topological polar surface area (TPSA) is 27.7 Å². The third kappa shape index (κ3) is 4.11. The second-order valence-corrected chi connectivity index (χ2v) is 5.14. The first-order valence-electron chi connectivity index (χ1n) is 6.90. The van der Waals surface area contributed by atoms with Crippen LogP contribution in [0.3, 0.4) is 0 Å². The van der Waals surface area contributed by atoms with Crippen LogP contribution in [-0.2, 0) is 10.1 Å². The summed E-state index contributed by atoms with van der Waals surface area (Å²) in [7, 11) is 0. The molecule has 0 saturated carbocycles. The lowest BCUT2D eigenvalue weighted by atomic mass is 10.2. The Morgan fingerprint density at radius 3 is 2.95 bits per heavy atom. The number of hydrogen-bond donors (Lipinski definition) is 0. The largest absolute Gasteiger partial charge is 0.490 e. The summed E-state index contributed by atoms with van der Waals surface area (Å²) in [5.41, 5.74) is 1.12. The van der Waals surface area contributed by atoms with Gasteiger partial charge in [-0.3, -0.25) is 0 Å². The summed E-state index contributed by atoms with van der Waals surface area (Å²) in [5, 5.41) is 0.767. The second kappa shape index (κ2) is 7.75. The van der Waals surface area contributed by atoms with E-state index in [2.05, 4.69) is 22.0 Å². The zero-order chi connectivity index (χ0) is 13.5. The molecule has 19 heavy (non-hydrogen) atoms. The van der Waals surface area contributed by atoms with E-state index in [4.69, 9.17) is 14.2 Å². The quantitative estimate of drug-likeness (QED) is 0.710. The molecule has 1 aromatic rings. The van der Waals surface area contributed by atoms with Crippen molar-refractivity contribution in [2.75, 3.05) is 19.8 Å². The Kier molecular flexibility index (Phi) is 5.98. The SMILES string of the molecule is CCOc1cccc(CBr)c1OCCC1CCCO1. The van der Waals surface area contributed by atoms with E-state index in [1.54, 1.807) is 0 Å². The van der Waals surface area contributed by atoms with Crippen molar-refractivity contribution >= 4 is 15.9 Å². The summed E-state index contributed by atoms with van der Waals surface area (Å²) in [6.07, 6.45) is 3.64. The lowest BCUT2D eigenvalue weighted by Gasteiger charge is -2.16. The molecule has 3 nitrogen and oxygen atoms in total. The maximum absolute atomic E-state index is 5.94. The molecule has 4 heteroatoms.